The molecule has 0 amide bonds. The minimum Gasteiger partial charge on any atom is -0.471 e. The van der Waals surface area contributed by atoms with Crippen LogP contribution in [0.1, 0.15) is 51.5 Å². The van der Waals surface area contributed by atoms with Gasteiger partial charge < -0.3 is 8.83 Å². The van der Waals surface area contributed by atoms with Crippen LogP contribution in [0.25, 0.3) is 6.08 Å². The number of allylic oxidation sites excluding steroid dienone is 1. The standard InChI is InChI=1S/C27H19NO4/c1-27(2)21-10-6-7-11-23(21)28(16-8-4-3-5-9-16)26-22(27)13-17(32-26)12-18-24(29)19-14-31-15-20(19)25(18)30/h3-15H,1-2H3. The number of hydrogen-bond donors (Lipinski definition) is 0. The zero-order valence-corrected chi connectivity index (χ0v) is 17.6. The lowest BCUT2D eigenvalue weighted by Crippen LogP contribution is -2.29. The smallest absolute Gasteiger partial charge is 0.209 e. The first kappa shape index (κ1) is 18.6. The highest BCUT2D eigenvalue weighted by Crippen LogP contribution is 2.53. The van der Waals surface area contributed by atoms with E-state index in [2.05, 4.69) is 30.9 Å². The Morgan fingerprint density at radius 3 is 2.22 bits per heavy atom. The average Bonchev–Trinajstić information content (AvgIpc) is 3.50. The number of hydrogen-bond acceptors (Lipinski definition) is 5. The van der Waals surface area contributed by atoms with Crippen molar-refractivity contribution >= 4 is 34.9 Å². The fourth-order valence-electron chi connectivity index (χ4n) is 4.69. The minimum absolute atomic E-state index is 0.0958. The van der Waals surface area contributed by atoms with Crippen molar-refractivity contribution in [2.45, 2.75) is 19.3 Å². The number of Topliss-reactive ketones (excluding diaryl/α,β-unsaturated/α-hetero) is 2. The van der Waals surface area contributed by atoms with Crippen molar-refractivity contribution in [3.8, 4) is 0 Å². The third-order valence-corrected chi connectivity index (χ3v) is 6.37. The van der Waals surface area contributed by atoms with E-state index in [-0.39, 0.29) is 22.6 Å². The van der Waals surface area contributed by atoms with E-state index in [1.54, 1.807) is 6.08 Å². The second-order valence-corrected chi connectivity index (χ2v) is 8.60. The van der Waals surface area contributed by atoms with E-state index in [9.17, 15) is 9.59 Å². The molecule has 5 nitrogen and oxygen atoms in total. The van der Waals surface area contributed by atoms with Crippen LogP contribution in [-0.2, 0) is 5.41 Å². The SMILES string of the molecule is CC1(C)c2ccccc2N(c2ccccc2)c2oc(C=C3C(=O)c4cocc4C3=O)cc21. The zero-order chi connectivity index (χ0) is 22.0. The average molecular weight is 421 g/mol. The quantitative estimate of drug-likeness (QED) is 0.275. The number of carbonyl (C=O) groups excluding carboxylic acids is 2. The first-order chi connectivity index (χ1) is 15.5. The Morgan fingerprint density at radius 1 is 0.844 bits per heavy atom. The van der Waals surface area contributed by atoms with Gasteiger partial charge in [-0.2, -0.15) is 0 Å². The van der Waals surface area contributed by atoms with E-state index in [1.165, 1.54) is 18.1 Å². The molecule has 5 heteroatoms. The highest BCUT2D eigenvalue weighted by molar-refractivity contribution is 6.41. The molecule has 6 rings (SSSR count). The maximum Gasteiger partial charge on any atom is 0.209 e. The topological polar surface area (TPSA) is 63.7 Å². The summed E-state index contributed by atoms with van der Waals surface area (Å²) < 4.78 is 11.3. The lowest BCUT2D eigenvalue weighted by molar-refractivity contribution is 0.0988. The highest BCUT2D eigenvalue weighted by atomic mass is 16.4. The molecular formula is C27H19NO4. The molecular weight excluding hydrogens is 402 g/mol. The van der Waals surface area contributed by atoms with E-state index >= 15 is 0 Å². The number of para-hydroxylation sites is 2. The van der Waals surface area contributed by atoms with E-state index in [0.29, 0.717) is 22.8 Å². The molecule has 0 atom stereocenters. The molecule has 3 heterocycles. The summed E-state index contributed by atoms with van der Waals surface area (Å²) in [6.07, 6.45) is 4.19. The summed E-state index contributed by atoms with van der Waals surface area (Å²) in [6.45, 7) is 4.31. The lowest BCUT2D eigenvalue weighted by Gasteiger charge is -2.38. The molecule has 32 heavy (non-hydrogen) atoms. The molecule has 2 aliphatic rings. The Balaban J connectivity index is 1.54. The van der Waals surface area contributed by atoms with E-state index < -0.39 is 0 Å². The molecule has 156 valence electrons. The molecule has 0 bridgehead atoms. The number of fused-ring (bicyclic) bond motifs is 3. The predicted molar refractivity (Wildman–Crippen MR) is 121 cm³/mol. The number of ketones is 2. The second-order valence-electron chi connectivity index (χ2n) is 8.60. The van der Waals surface area contributed by atoms with Crippen LogP contribution in [0.5, 0.6) is 0 Å². The van der Waals surface area contributed by atoms with E-state index in [1.807, 2.05) is 48.5 Å². The van der Waals surface area contributed by atoms with Gasteiger partial charge in [0.1, 0.15) is 18.3 Å². The van der Waals surface area contributed by atoms with Crippen molar-refractivity contribution in [2.75, 3.05) is 4.90 Å². The van der Waals surface area contributed by atoms with Crippen molar-refractivity contribution in [1.29, 1.82) is 0 Å². The van der Waals surface area contributed by atoms with Crippen LogP contribution < -0.4 is 4.90 Å². The maximum atomic E-state index is 12.7. The number of carbonyl (C=O) groups is 2. The molecule has 0 saturated carbocycles. The Labute approximate surface area is 184 Å². The van der Waals surface area contributed by atoms with E-state index in [4.69, 9.17) is 8.83 Å². The van der Waals surface area contributed by atoms with Gasteiger partial charge in [-0.3, -0.25) is 14.5 Å². The Kier molecular flexibility index (Phi) is 3.75. The molecule has 4 aromatic rings. The Bertz CT molecular complexity index is 1400. The van der Waals surface area contributed by atoms with Gasteiger partial charge in [-0.1, -0.05) is 50.2 Å². The third-order valence-electron chi connectivity index (χ3n) is 6.37. The molecule has 0 spiro atoms. The number of rotatable bonds is 2. The van der Waals surface area contributed by atoms with Crippen LogP contribution in [-0.4, -0.2) is 11.6 Å². The van der Waals surface area contributed by atoms with Crippen LogP contribution in [0.2, 0.25) is 0 Å². The van der Waals surface area contributed by atoms with Crippen LogP contribution in [0.3, 0.4) is 0 Å². The summed E-state index contributed by atoms with van der Waals surface area (Å²) in [7, 11) is 0. The largest absolute Gasteiger partial charge is 0.471 e. The Hall–Kier alpha value is -4.12. The Morgan fingerprint density at radius 2 is 1.50 bits per heavy atom. The zero-order valence-electron chi connectivity index (χ0n) is 17.6. The third kappa shape index (κ3) is 2.45. The predicted octanol–water partition coefficient (Wildman–Crippen LogP) is 6.44. The summed E-state index contributed by atoms with van der Waals surface area (Å²) in [6, 6.07) is 20.2. The summed E-state index contributed by atoms with van der Waals surface area (Å²) >= 11 is 0. The van der Waals surface area contributed by atoms with Gasteiger partial charge in [0.15, 0.2) is 0 Å². The second kappa shape index (κ2) is 6.44. The summed E-state index contributed by atoms with van der Waals surface area (Å²) in [5.41, 5.74) is 4.56. The molecule has 0 fully saturated rings. The first-order valence-electron chi connectivity index (χ1n) is 10.4. The van der Waals surface area contributed by atoms with Gasteiger partial charge in [0.25, 0.3) is 0 Å². The molecule has 1 aliphatic heterocycles. The first-order valence-corrected chi connectivity index (χ1v) is 10.4. The van der Waals surface area contributed by atoms with Crippen molar-refractivity contribution in [1.82, 2.24) is 0 Å². The van der Waals surface area contributed by atoms with Gasteiger partial charge in [-0.25, -0.2) is 0 Å². The summed E-state index contributed by atoms with van der Waals surface area (Å²) in [5.74, 6) is 0.480. The van der Waals surface area contributed by atoms with E-state index in [0.717, 1.165) is 16.9 Å². The molecule has 2 aromatic heterocycles. The molecule has 1 aliphatic carbocycles. The molecule has 2 aromatic carbocycles. The number of anilines is 3. The molecule has 0 saturated heterocycles. The van der Waals surface area contributed by atoms with Crippen molar-refractivity contribution in [2.24, 2.45) is 0 Å². The van der Waals surface area contributed by atoms with Crippen molar-refractivity contribution in [3.63, 3.8) is 0 Å². The normalized spacial score (nSPS) is 16.1. The minimum atomic E-state index is -0.337. The number of benzene rings is 2. The van der Waals surface area contributed by atoms with Crippen molar-refractivity contribution in [3.05, 3.63) is 107 Å². The van der Waals surface area contributed by atoms with Gasteiger partial charge in [0, 0.05) is 16.7 Å². The number of furan rings is 2. The van der Waals surface area contributed by atoms with Gasteiger partial charge in [-0.15, -0.1) is 0 Å². The molecule has 0 radical (unpaired) electrons. The van der Waals surface area contributed by atoms with Gasteiger partial charge in [0.05, 0.1) is 22.4 Å². The van der Waals surface area contributed by atoms with Crippen LogP contribution in [0.15, 0.2) is 87.6 Å². The number of nitrogens with zero attached hydrogens (tertiary/aromatic N) is 1. The van der Waals surface area contributed by atoms with Crippen LogP contribution in [0.4, 0.5) is 17.3 Å². The van der Waals surface area contributed by atoms with Gasteiger partial charge in [0.2, 0.25) is 17.5 Å². The molecule has 0 N–H and O–H groups in total. The summed E-state index contributed by atoms with van der Waals surface area (Å²) in [4.78, 5) is 27.5. The fourth-order valence-corrected chi connectivity index (χ4v) is 4.69. The lowest BCUT2D eigenvalue weighted by atomic mass is 9.75. The van der Waals surface area contributed by atoms with Gasteiger partial charge >= 0.3 is 0 Å². The summed E-state index contributed by atoms with van der Waals surface area (Å²) in [5, 5.41) is 0. The maximum absolute atomic E-state index is 12.7. The highest BCUT2D eigenvalue weighted by Gasteiger charge is 2.40. The fraction of sp³-hybridized carbons (Fsp3) is 0.111. The van der Waals surface area contributed by atoms with Crippen LogP contribution >= 0.6 is 0 Å². The monoisotopic (exact) mass is 421 g/mol. The molecule has 0 unspecified atom stereocenters. The van der Waals surface area contributed by atoms with Crippen LogP contribution in [0, 0.1) is 0 Å². The van der Waals surface area contributed by atoms with Crippen molar-refractivity contribution < 1.29 is 18.4 Å². The van der Waals surface area contributed by atoms with Gasteiger partial charge in [-0.05, 0) is 35.9 Å².